The van der Waals surface area contributed by atoms with Gasteiger partial charge in [-0.3, -0.25) is 4.90 Å². The second-order valence-electron chi connectivity index (χ2n) is 5.60. The number of hydrogen-bond acceptors (Lipinski definition) is 7. The Kier molecular flexibility index (Phi) is 4.78. The summed E-state index contributed by atoms with van der Waals surface area (Å²) in [7, 11) is 5.36. The van der Waals surface area contributed by atoms with Gasteiger partial charge in [0.2, 0.25) is 5.89 Å². The standard InChI is InChI=1S/C16H22N4O3/c1-20-7-6-17-10-13(20)16-18-15(23-19-16)9-11-8-12(21-2)4-5-14(11)22-3/h4-5,8,13,17H,6-7,9-10H2,1-3H3. The number of ether oxygens (including phenoxy) is 2. The lowest BCUT2D eigenvalue weighted by molar-refractivity contribution is 0.190. The summed E-state index contributed by atoms with van der Waals surface area (Å²) in [4.78, 5) is 6.79. The van der Waals surface area contributed by atoms with Crippen molar-refractivity contribution in [3.05, 3.63) is 35.5 Å². The molecule has 1 N–H and O–H groups in total. The first-order chi connectivity index (χ1) is 11.2. The van der Waals surface area contributed by atoms with Crippen LogP contribution < -0.4 is 14.8 Å². The number of nitrogens with one attached hydrogen (secondary N) is 1. The SMILES string of the molecule is COc1ccc(OC)c(Cc2nc(C3CNCCN3C)no2)c1. The van der Waals surface area contributed by atoms with Gasteiger partial charge in [-0.25, -0.2) is 0 Å². The van der Waals surface area contributed by atoms with Crippen molar-refractivity contribution in [3.8, 4) is 11.5 Å². The lowest BCUT2D eigenvalue weighted by Crippen LogP contribution is -2.44. The Morgan fingerprint density at radius 1 is 1.35 bits per heavy atom. The van der Waals surface area contributed by atoms with Crippen LogP contribution >= 0.6 is 0 Å². The third kappa shape index (κ3) is 3.46. The number of likely N-dealkylation sites (N-methyl/N-ethyl adjacent to an activating group) is 1. The first-order valence-electron chi connectivity index (χ1n) is 7.65. The minimum absolute atomic E-state index is 0.147. The number of nitrogens with zero attached hydrogens (tertiary/aromatic N) is 3. The number of aromatic nitrogens is 2. The van der Waals surface area contributed by atoms with Gasteiger partial charge in [-0.2, -0.15) is 4.98 Å². The van der Waals surface area contributed by atoms with Crippen molar-refractivity contribution >= 4 is 0 Å². The van der Waals surface area contributed by atoms with E-state index in [1.165, 1.54) is 0 Å². The monoisotopic (exact) mass is 318 g/mol. The van der Waals surface area contributed by atoms with E-state index in [9.17, 15) is 0 Å². The summed E-state index contributed by atoms with van der Waals surface area (Å²) >= 11 is 0. The van der Waals surface area contributed by atoms with E-state index >= 15 is 0 Å². The molecule has 1 fully saturated rings. The molecule has 7 nitrogen and oxygen atoms in total. The largest absolute Gasteiger partial charge is 0.497 e. The Balaban J connectivity index is 1.79. The zero-order valence-corrected chi connectivity index (χ0v) is 13.7. The number of methoxy groups -OCH3 is 2. The molecule has 2 aromatic rings. The molecule has 1 aromatic heterocycles. The molecule has 1 aliphatic heterocycles. The average molecular weight is 318 g/mol. The topological polar surface area (TPSA) is 72.7 Å². The Bertz CT molecular complexity index is 659. The maximum Gasteiger partial charge on any atom is 0.231 e. The number of benzene rings is 1. The zero-order valence-electron chi connectivity index (χ0n) is 13.7. The molecule has 1 aromatic carbocycles. The molecule has 23 heavy (non-hydrogen) atoms. The average Bonchev–Trinajstić information content (AvgIpc) is 3.03. The Labute approximate surface area is 135 Å². The summed E-state index contributed by atoms with van der Waals surface area (Å²) in [5.74, 6) is 2.85. The molecule has 0 bridgehead atoms. The molecule has 1 unspecified atom stereocenters. The Morgan fingerprint density at radius 3 is 2.96 bits per heavy atom. The summed E-state index contributed by atoms with van der Waals surface area (Å²) in [5, 5.41) is 7.50. The van der Waals surface area contributed by atoms with E-state index in [4.69, 9.17) is 14.0 Å². The normalized spacial score (nSPS) is 18.8. The highest BCUT2D eigenvalue weighted by atomic mass is 16.5. The summed E-state index contributed by atoms with van der Waals surface area (Å²) < 4.78 is 16.1. The van der Waals surface area contributed by atoms with Crippen molar-refractivity contribution in [2.75, 3.05) is 40.9 Å². The van der Waals surface area contributed by atoms with Gasteiger partial charge in [-0.15, -0.1) is 0 Å². The zero-order chi connectivity index (χ0) is 16.2. The van der Waals surface area contributed by atoms with Crippen LogP contribution in [0, 0.1) is 0 Å². The number of rotatable bonds is 5. The maximum atomic E-state index is 5.43. The van der Waals surface area contributed by atoms with Crippen molar-refractivity contribution in [1.29, 1.82) is 0 Å². The van der Waals surface area contributed by atoms with Crippen LogP contribution in [0.4, 0.5) is 0 Å². The second kappa shape index (κ2) is 6.97. The van der Waals surface area contributed by atoms with Gasteiger partial charge >= 0.3 is 0 Å². The highest BCUT2D eigenvalue weighted by molar-refractivity contribution is 5.41. The molecule has 0 spiro atoms. The fourth-order valence-electron chi connectivity index (χ4n) is 2.75. The van der Waals surface area contributed by atoms with Gasteiger partial charge in [-0.1, -0.05) is 5.16 Å². The van der Waals surface area contributed by atoms with E-state index < -0.39 is 0 Å². The molecule has 124 valence electrons. The molecule has 0 saturated carbocycles. The highest BCUT2D eigenvalue weighted by Crippen LogP contribution is 2.26. The fourth-order valence-corrected chi connectivity index (χ4v) is 2.75. The van der Waals surface area contributed by atoms with E-state index in [0.29, 0.717) is 12.3 Å². The minimum atomic E-state index is 0.147. The summed E-state index contributed by atoms with van der Waals surface area (Å²) in [6.07, 6.45) is 0.511. The molecule has 0 aliphatic carbocycles. The molecule has 0 radical (unpaired) electrons. The molecule has 1 aliphatic rings. The van der Waals surface area contributed by atoms with Crippen molar-refractivity contribution in [3.63, 3.8) is 0 Å². The summed E-state index contributed by atoms with van der Waals surface area (Å²) in [6.45, 7) is 2.79. The third-order valence-corrected chi connectivity index (χ3v) is 4.12. The van der Waals surface area contributed by atoms with Gasteiger partial charge in [-0.05, 0) is 25.2 Å². The van der Waals surface area contributed by atoms with Gasteiger partial charge in [0.15, 0.2) is 5.82 Å². The molecule has 2 heterocycles. The lowest BCUT2D eigenvalue weighted by atomic mass is 10.1. The van der Waals surface area contributed by atoms with Crippen LogP contribution in [-0.4, -0.2) is 55.9 Å². The summed E-state index contributed by atoms with van der Waals surface area (Å²) in [6, 6.07) is 5.82. The predicted molar refractivity (Wildman–Crippen MR) is 84.9 cm³/mol. The first kappa shape index (κ1) is 15.8. The Morgan fingerprint density at radius 2 is 2.22 bits per heavy atom. The third-order valence-electron chi connectivity index (χ3n) is 4.12. The van der Waals surface area contributed by atoms with Crippen molar-refractivity contribution in [1.82, 2.24) is 20.4 Å². The molecular formula is C16H22N4O3. The van der Waals surface area contributed by atoms with Crippen LogP contribution in [0.1, 0.15) is 23.3 Å². The van der Waals surface area contributed by atoms with Gasteiger partial charge in [0.25, 0.3) is 0 Å². The van der Waals surface area contributed by atoms with Crippen LogP contribution in [0.2, 0.25) is 0 Å². The molecule has 7 heteroatoms. The van der Waals surface area contributed by atoms with E-state index in [2.05, 4.69) is 27.4 Å². The van der Waals surface area contributed by atoms with Crippen molar-refractivity contribution in [2.45, 2.75) is 12.5 Å². The first-order valence-corrected chi connectivity index (χ1v) is 7.65. The highest BCUT2D eigenvalue weighted by Gasteiger charge is 2.25. The Hall–Kier alpha value is -2.12. The number of hydrogen-bond donors (Lipinski definition) is 1. The van der Waals surface area contributed by atoms with E-state index in [-0.39, 0.29) is 6.04 Å². The van der Waals surface area contributed by atoms with Crippen LogP contribution in [-0.2, 0) is 6.42 Å². The molecule has 0 amide bonds. The molecular weight excluding hydrogens is 296 g/mol. The summed E-state index contributed by atoms with van der Waals surface area (Å²) in [5.41, 5.74) is 0.956. The lowest BCUT2D eigenvalue weighted by Gasteiger charge is -2.30. The molecule has 3 rings (SSSR count). The molecule has 1 saturated heterocycles. The van der Waals surface area contributed by atoms with E-state index in [1.807, 2.05) is 18.2 Å². The van der Waals surface area contributed by atoms with Crippen molar-refractivity contribution in [2.24, 2.45) is 0 Å². The van der Waals surface area contributed by atoms with Gasteiger partial charge in [0.1, 0.15) is 11.5 Å². The predicted octanol–water partition coefficient (Wildman–Crippen LogP) is 1.25. The second-order valence-corrected chi connectivity index (χ2v) is 5.60. The van der Waals surface area contributed by atoms with Crippen LogP contribution in [0.3, 0.4) is 0 Å². The van der Waals surface area contributed by atoms with Crippen molar-refractivity contribution < 1.29 is 14.0 Å². The van der Waals surface area contributed by atoms with Gasteiger partial charge in [0.05, 0.1) is 26.7 Å². The fraction of sp³-hybridized carbons (Fsp3) is 0.500. The van der Waals surface area contributed by atoms with Crippen LogP contribution in [0.5, 0.6) is 11.5 Å². The van der Waals surface area contributed by atoms with Crippen LogP contribution in [0.15, 0.2) is 22.7 Å². The smallest absolute Gasteiger partial charge is 0.231 e. The maximum absolute atomic E-state index is 5.43. The van der Waals surface area contributed by atoms with E-state index in [1.54, 1.807) is 14.2 Å². The number of piperazine rings is 1. The van der Waals surface area contributed by atoms with Gasteiger partial charge in [0, 0.05) is 25.2 Å². The molecule has 1 atom stereocenters. The quantitative estimate of drug-likeness (QED) is 0.889. The van der Waals surface area contributed by atoms with Crippen LogP contribution in [0.25, 0.3) is 0 Å². The minimum Gasteiger partial charge on any atom is -0.497 e. The van der Waals surface area contributed by atoms with Gasteiger partial charge < -0.3 is 19.3 Å². The van der Waals surface area contributed by atoms with E-state index in [0.717, 1.165) is 42.5 Å².